The highest BCUT2D eigenvalue weighted by atomic mass is 35.5. The molecule has 1 heterocycles. The van der Waals surface area contributed by atoms with Crippen molar-refractivity contribution < 1.29 is 27.2 Å². The molecule has 2 aromatic rings. The third-order valence-corrected chi connectivity index (χ3v) is 6.05. The predicted molar refractivity (Wildman–Crippen MR) is 106 cm³/mol. The number of halogens is 5. The maximum atomic E-state index is 14.0. The van der Waals surface area contributed by atoms with Crippen molar-refractivity contribution in [2.45, 2.75) is 18.5 Å². The Kier molecular flexibility index (Phi) is 5.68. The molecule has 31 heavy (non-hydrogen) atoms. The Morgan fingerprint density at radius 2 is 1.55 bits per heavy atom. The lowest BCUT2D eigenvalue weighted by molar-refractivity contribution is -0.137. The molecule has 0 spiro atoms. The quantitative estimate of drug-likeness (QED) is 0.637. The van der Waals surface area contributed by atoms with E-state index in [9.17, 15) is 27.2 Å². The fourth-order valence-corrected chi connectivity index (χ4v) is 4.12. The molecular weight excluding hydrogens is 436 g/mol. The van der Waals surface area contributed by atoms with Crippen LogP contribution < -0.4 is 0 Å². The molecule has 164 valence electrons. The highest BCUT2D eigenvalue weighted by Gasteiger charge is 2.46. The summed E-state index contributed by atoms with van der Waals surface area (Å²) in [5.74, 6) is -1.53. The highest BCUT2D eigenvalue weighted by Crippen LogP contribution is 2.49. The van der Waals surface area contributed by atoms with Gasteiger partial charge >= 0.3 is 6.18 Å². The maximum Gasteiger partial charge on any atom is 0.416 e. The molecule has 0 N–H and O–H groups in total. The van der Waals surface area contributed by atoms with Crippen LogP contribution in [0.15, 0.2) is 42.5 Å². The van der Waals surface area contributed by atoms with Crippen molar-refractivity contribution in [1.29, 1.82) is 0 Å². The molecule has 2 atom stereocenters. The van der Waals surface area contributed by atoms with E-state index in [4.69, 9.17) is 11.6 Å². The normalized spacial score (nSPS) is 21.2. The Labute approximate surface area is 181 Å². The average molecular weight is 455 g/mol. The number of benzene rings is 2. The zero-order valence-electron chi connectivity index (χ0n) is 16.3. The lowest BCUT2D eigenvalue weighted by atomic mass is 10.1. The standard InChI is InChI=1S/C22H19ClF4N2O2/c23-15-5-6-19(24)18(11-15)21(31)29-9-7-28(8-10-29)20(30)17-12-16(17)13-1-3-14(4-2-13)22(25,26)27/h1-6,11,16-17H,7-10,12H2/t16-,17-/m0/s1. The van der Waals surface area contributed by atoms with E-state index in [0.717, 1.165) is 23.8 Å². The summed E-state index contributed by atoms with van der Waals surface area (Å²) in [6, 6.07) is 8.73. The largest absolute Gasteiger partial charge is 0.416 e. The molecule has 1 aliphatic heterocycles. The molecule has 0 bridgehead atoms. The van der Waals surface area contributed by atoms with Crippen LogP contribution in [0.5, 0.6) is 0 Å². The Hall–Kier alpha value is -2.61. The third kappa shape index (κ3) is 4.54. The van der Waals surface area contributed by atoms with E-state index in [-0.39, 0.29) is 41.4 Å². The highest BCUT2D eigenvalue weighted by molar-refractivity contribution is 6.31. The van der Waals surface area contributed by atoms with Crippen molar-refractivity contribution in [3.05, 3.63) is 70.0 Å². The van der Waals surface area contributed by atoms with Crippen molar-refractivity contribution in [2.24, 2.45) is 5.92 Å². The summed E-state index contributed by atoms with van der Waals surface area (Å²) in [5.41, 5.74) is -0.0925. The number of alkyl halides is 3. The molecule has 2 amide bonds. The number of nitrogens with zero attached hydrogens (tertiary/aromatic N) is 2. The van der Waals surface area contributed by atoms with E-state index in [0.29, 0.717) is 19.5 Å². The molecule has 1 saturated heterocycles. The summed E-state index contributed by atoms with van der Waals surface area (Å²) in [6.07, 6.45) is -3.79. The maximum absolute atomic E-state index is 14.0. The smallest absolute Gasteiger partial charge is 0.339 e. The number of carbonyl (C=O) groups excluding carboxylic acids is 2. The Balaban J connectivity index is 1.33. The number of piperazine rings is 1. The van der Waals surface area contributed by atoms with Crippen molar-refractivity contribution in [3.63, 3.8) is 0 Å². The molecule has 2 aliphatic rings. The number of amides is 2. The summed E-state index contributed by atoms with van der Waals surface area (Å²) in [5, 5.41) is 0.265. The van der Waals surface area contributed by atoms with Crippen LogP contribution in [0.1, 0.15) is 33.8 Å². The Morgan fingerprint density at radius 1 is 0.935 bits per heavy atom. The fraction of sp³-hybridized carbons (Fsp3) is 0.364. The molecule has 9 heteroatoms. The molecular formula is C22H19ClF4N2O2. The van der Waals surface area contributed by atoms with E-state index in [1.54, 1.807) is 4.90 Å². The van der Waals surface area contributed by atoms with Gasteiger partial charge in [-0.2, -0.15) is 13.2 Å². The van der Waals surface area contributed by atoms with Gasteiger partial charge in [0.15, 0.2) is 0 Å². The van der Waals surface area contributed by atoms with E-state index in [2.05, 4.69) is 0 Å². The molecule has 0 unspecified atom stereocenters. The number of hydrogen-bond acceptors (Lipinski definition) is 2. The minimum Gasteiger partial charge on any atom is -0.339 e. The van der Waals surface area contributed by atoms with E-state index in [1.807, 2.05) is 0 Å². The molecule has 2 aromatic carbocycles. The van der Waals surface area contributed by atoms with Crippen LogP contribution in [0.4, 0.5) is 17.6 Å². The summed E-state index contributed by atoms with van der Waals surface area (Å²) >= 11 is 5.86. The first-order valence-corrected chi connectivity index (χ1v) is 10.2. The minimum absolute atomic E-state index is 0.0640. The van der Waals surface area contributed by atoms with Crippen molar-refractivity contribution in [2.75, 3.05) is 26.2 Å². The first kappa shape index (κ1) is 21.6. The van der Waals surface area contributed by atoms with Gasteiger partial charge in [-0.15, -0.1) is 0 Å². The van der Waals surface area contributed by atoms with Crippen molar-refractivity contribution in [1.82, 2.24) is 9.80 Å². The second kappa shape index (κ2) is 8.15. The lowest BCUT2D eigenvalue weighted by Gasteiger charge is -2.35. The minimum atomic E-state index is -4.39. The van der Waals surface area contributed by atoms with Crippen molar-refractivity contribution >= 4 is 23.4 Å². The van der Waals surface area contributed by atoms with Gasteiger partial charge in [-0.1, -0.05) is 23.7 Å². The molecule has 0 radical (unpaired) electrons. The Morgan fingerprint density at radius 3 is 2.16 bits per heavy atom. The number of hydrogen-bond donors (Lipinski definition) is 0. The van der Waals surface area contributed by atoms with Crippen LogP contribution in [0.3, 0.4) is 0 Å². The van der Waals surface area contributed by atoms with Crippen LogP contribution in [-0.2, 0) is 11.0 Å². The molecule has 1 saturated carbocycles. The summed E-state index contributed by atoms with van der Waals surface area (Å²) < 4.78 is 52.1. The van der Waals surface area contributed by atoms with Crippen LogP contribution in [0.25, 0.3) is 0 Å². The monoisotopic (exact) mass is 454 g/mol. The van der Waals surface area contributed by atoms with Crippen LogP contribution >= 0.6 is 11.6 Å². The summed E-state index contributed by atoms with van der Waals surface area (Å²) in [4.78, 5) is 28.5. The predicted octanol–water partition coefficient (Wildman–Crippen LogP) is 4.59. The van der Waals surface area contributed by atoms with E-state index < -0.39 is 23.5 Å². The second-order valence-corrected chi connectivity index (χ2v) is 8.25. The molecule has 0 aromatic heterocycles. The number of carbonyl (C=O) groups is 2. The molecule has 4 nitrogen and oxygen atoms in total. The van der Waals surface area contributed by atoms with E-state index >= 15 is 0 Å². The topological polar surface area (TPSA) is 40.6 Å². The average Bonchev–Trinajstić information content (AvgIpc) is 3.55. The fourth-order valence-electron chi connectivity index (χ4n) is 3.95. The van der Waals surface area contributed by atoms with Gasteiger partial charge in [0, 0.05) is 37.1 Å². The molecule has 2 fully saturated rings. The molecule has 1 aliphatic carbocycles. The summed E-state index contributed by atoms with van der Waals surface area (Å²) in [6.45, 7) is 1.19. The van der Waals surface area contributed by atoms with Crippen LogP contribution in [0, 0.1) is 11.7 Å². The van der Waals surface area contributed by atoms with Gasteiger partial charge < -0.3 is 9.80 Å². The van der Waals surface area contributed by atoms with Crippen LogP contribution in [-0.4, -0.2) is 47.8 Å². The van der Waals surface area contributed by atoms with Gasteiger partial charge in [0.25, 0.3) is 5.91 Å². The van der Waals surface area contributed by atoms with Gasteiger partial charge in [-0.05, 0) is 48.2 Å². The first-order valence-electron chi connectivity index (χ1n) is 9.85. The van der Waals surface area contributed by atoms with Gasteiger partial charge in [-0.25, -0.2) is 4.39 Å². The van der Waals surface area contributed by atoms with Crippen LogP contribution in [0.2, 0.25) is 5.02 Å². The van der Waals surface area contributed by atoms with Gasteiger partial charge in [-0.3, -0.25) is 9.59 Å². The van der Waals surface area contributed by atoms with Crippen molar-refractivity contribution in [3.8, 4) is 0 Å². The third-order valence-electron chi connectivity index (χ3n) is 5.81. The second-order valence-electron chi connectivity index (χ2n) is 7.81. The summed E-state index contributed by atoms with van der Waals surface area (Å²) in [7, 11) is 0. The lowest BCUT2D eigenvalue weighted by Crippen LogP contribution is -2.51. The van der Waals surface area contributed by atoms with Gasteiger partial charge in [0.1, 0.15) is 5.82 Å². The van der Waals surface area contributed by atoms with Gasteiger partial charge in [0.2, 0.25) is 5.91 Å². The SMILES string of the molecule is O=C(c1cc(Cl)ccc1F)N1CCN(C(=O)[C@H]2C[C@H]2c2ccc(C(F)(F)F)cc2)CC1. The Bertz CT molecular complexity index is 1000. The first-order chi connectivity index (χ1) is 14.6. The molecule has 4 rings (SSSR count). The van der Waals surface area contributed by atoms with E-state index in [1.165, 1.54) is 29.2 Å². The zero-order chi connectivity index (χ0) is 22.3. The number of rotatable bonds is 3. The zero-order valence-corrected chi connectivity index (χ0v) is 17.1. The van der Waals surface area contributed by atoms with Gasteiger partial charge in [0.05, 0.1) is 11.1 Å².